The van der Waals surface area contributed by atoms with E-state index in [1.165, 1.54) is 12.1 Å². The van der Waals surface area contributed by atoms with Gasteiger partial charge in [0.25, 0.3) is 0 Å². The zero-order chi connectivity index (χ0) is 17.5. The smallest absolute Gasteiger partial charge is 0.341 e. The Balaban J connectivity index is 2.19. The summed E-state index contributed by atoms with van der Waals surface area (Å²) in [5.41, 5.74) is 1.87. The van der Waals surface area contributed by atoms with Crippen LogP contribution in [0.3, 0.4) is 0 Å². The highest BCUT2D eigenvalue weighted by Crippen LogP contribution is 2.20. The van der Waals surface area contributed by atoms with Gasteiger partial charge in [0, 0.05) is 0 Å². The van der Waals surface area contributed by atoms with Crippen molar-refractivity contribution in [1.29, 1.82) is 5.26 Å². The third kappa shape index (κ3) is 4.45. The molecule has 0 fully saturated rings. The third-order valence-corrected chi connectivity index (χ3v) is 3.12. The Bertz CT molecular complexity index is 814. The first-order valence-electron chi connectivity index (χ1n) is 6.90. The Morgan fingerprint density at radius 1 is 1.00 bits per heavy atom. The fourth-order valence-corrected chi connectivity index (χ4v) is 1.94. The molecule has 0 atom stereocenters. The average Bonchev–Trinajstić information content (AvgIpc) is 2.59. The van der Waals surface area contributed by atoms with E-state index in [1.54, 1.807) is 42.5 Å². The molecule has 0 aliphatic heterocycles. The van der Waals surface area contributed by atoms with Crippen LogP contribution in [0.2, 0.25) is 0 Å². The maximum atomic E-state index is 10.8. The predicted molar refractivity (Wildman–Crippen MR) is 86.5 cm³/mol. The molecule has 0 spiro atoms. The Kier molecular flexibility index (Phi) is 5.32. The molecule has 0 heterocycles. The van der Waals surface area contributed by atoms with Crippen LogP contribution >= 0.6 is 0 Å². The van der Waals surface area contributed by atoms with Crippen LogP contribution in [0.25, 0.3) is 11.6 Å². The minimum atomic E-state index is -1.06. The predicted octanol–water partition coefficient (Wildman–Crippen LogP) is 2.91. The standard InChI is InChI=1S/C18H13NO5/c19-10-15(13-3-5-14(6-4-13)18(22)23)9-12-1-7-16(8-2-12)24-11-17(20)21/h1-9H,11H2,(H,20,21)(H,22,23)/b15-9-. The molecule has 0 saturated heterocycles. The van der Waals surface area contributed by atoms with Gasteiger partial charge in [-0.2, -0.15) is 5.26 Å². The summed E-state index contributed by atoms with van der Waals surface area (Å²) in [7, 11) is 0. The van der Waals surface area contributed by atoms with Crippen molar-refractivity contribution in [3.63, 3.8) is 0 Å². The largest absolute Gasteiger partial charge is 0.482 e. The lowest BCUT2D eigenvalue weighted by Gasteiger charge is -2.04. The molecule has 2 aromatic carbocycles. The molecule has 120 valence electrons. The molecular weight excluding hydrogens is 310 g/mol. The maximum absolute atomic E-state index is 10.8. The van der Waals surface area contributed by atoms with Crippen LogP contribution in [0.5, 0.6) is 5.75 Å². The highest BCUT2D eigenvalue weighted by molar-refractivity contribution is 5.92. The maximum Gasteiger partial charge on any atom is 0.341 e. The molecule has 6 nitrogen and oxygen atoms in total. The number of aromatic carboxylic acids is 1. The monoisotopic (exact) mass is 323 g/mol. The van der Waals surface area contributed by atoms with Crippen molar-refractivity contribution >= 4 is 23.6 Å². The number of carboxylic acids is 2. The number of ether oxygens (including phenoxy) is 1. The van der Waals surface area contributed by atoms with Gasteiger partial charge in [-0.1, -0.05) is 24.3 Å². The first kappa shape index (κ1) is 16.8. The Morgan fingerprint density at radius 2 is 1.58 bits per heavy atom. The molecule has 0 radical (unpaired) electrons. The summed E-state index contributed by atoms with van der Waals surface area (Å²) in [5, 5.41) is 26.7. The number of allylic oxidation sites excluding steroid dienone is 1. The number of benzene rings is 2. The van der Waals surface area contributed by atoms with Gasteiger partial charge in [-0.05, 0) is 41.5 Å². The molecule has 0 unspecified atom stereocenters. The number of nitrogens with zero attached hydrogens (tertiary/aromatic N) is 1. The van der Waals surface area contributed by atoms with E-state index in [2.05, 4.69) is 6.07 Å². The topological polar surface area (TPSA) is 108 Å². The summed E-state index contributed by atoms with van der Waals surface area (Å²) in [4.78, 5) is 21.3. The van der Waals surface area contributed by atoms with Gasteiger partial charge in [-0.3, -0.25) is 0 Å². The Morgan fingerprint density at radius 3 is 2.08 bits per heavy atom. The SMILES string of the molecule is N#C/C(=C/c1ccc(OCC(=O)O)cc1)c1ccc(C(=O)O)cc1. The van der Waals surface area contributed by atoms with Gasteiger partial charge >= 0.3 is 11.9 Å². The molecule has 0 saturated carbocycles. The normalized spacial score (nSPS) is 10.7. The van der Waals surface area contributed by atoms with Crippen molar-refractivity contribution in [3.05, 3.63) is 65.2 Å². The molecule has 2 N–H and O–H groups in total. The summed E-state index contributed by atoms with van der Waals surface area (Å²) in [6.07, 6.45) is 1.65. The third-order valence-electron chi connectivity index (χ3n) is 3.12. The van der Waals surface area contributed by atoms with Crippen LogP contribution in [0.4, 0.5) is 0 Å². The summed E-state index contributed by atoms with van der Waals surface area (Å²) in [6.45, 7) is -0.422. The number of carboxylic acid groups (broad SMARTS) is 2. The fourth-order valence-electron chi connectivity index (χ4n) is 1.94. The number of rotatable bonds is 6. The zero-order valence-corrected chi connectivity index (χ0v) is 12.5. The highest BCUT2D eigenvalue weighted by atomic mass is 16.5. The van der Waals surface area contributed by atoms with Crippen molar-refractivity contribution in [2.75, 3.05) is 6.61 Å². The lowest BCUT2D eigenvalue weighted by molar-refractivity contribution is -0.139. The van der Waals surface area contributed by atoms with Crippen LogP contribution in [-0.4, -0.2) is 28.8 Å². The van der Waals surface area contributed by atoms with Gasteiger partial charge in [0.05, 0.1) is 17.2 Å². The minimum absolute atomic E-state index is 0.149. The molecule has 2 aromatic rings. The van der Waals surface area contributed by atoms with E-state index in [-0.39, 0.29) is 5.56 Å². The first-order valence-corrected chi connectivity index (χ1v) is 6.90. The number of hydrogen-bond acceptors (Lipinski definition) is 4. The molecule has 24 heavy (non-hydrogen) atoms. The molecule has 0 aliphatic rings. The molecule has 0 aliphatic carbocycles. The van der Waals surface area contributed by atoms with E-state index in [1.807, 2.05) is 0 Å². The number of carbonyl (C=O) groups is 2. The van der Waals surface area contributed by atoms with Gasteiger partial charge in [-0.15, -0.1) is 0 Å². The van der Waals surface area contributed by atoms with Gasteiger partial charge in [-0.25, -0.2) is 9.59 Å². The molecule has 0 bridgehead atoms. The number of nitriles is 1. The fraction of sp³-hybridized carbons (Fsp3) is 0.0556. The van der Waals surface area contributed by atoms with Crippen molar-refractivity contribution in [3.8, 4) is 11.8 Å². The van der Waals surface area contributed by atoms with Crippen LogP contribution in [0.1, 0.15) is 21.5 Å². The molecule has 2 rings (SSSR count). The lowest BCUT2D eigenvalue weighted by Crippen LogP contribution is -2.09. The van der Waals surface area contributed by atoms with E-state index >= 15 is 0 Å². The van der Waals surface area contributed by atoms with Gasteiger partial charge in [0.2, 0.25) is 0 Å². The van der Waals surface area contributed by atoms with Crippen LogP contribution < -0.4 is 4.74 Å². The summed E-state index contributed by atoms with van der Waals surface area (Å²) >= 11 is 0. The van der Waals surface area contributed by atoms with E-state index < -0.39 is 18.5 Å². The average molecular weight is 323 g/mol. The number of aliphatic carboxylic acids is 1. The lowest BCUT2D eigenvalue weighted by atomic mass is 10.0. The quantitative estimate of drug-likeness (QED) is 0.625. The second-order valence-electron chi connectivity index (χ2n) is 4.80. The highest BCUT2D eigenvalue weighted by Gasteiger charge is 2.05. The summed E-state index contributed by atoms with van der Waals surface area (Å²) in [5.74, 6) is -1.67. The minimum Gasteiger partial charge on any atom is -0.482 e. The summed E-state index contributed by atoms with van der Waals surface area (Å²) < 4.78 is 5.03. The van der Waals surface area contributed by atoms with Crippen LogP contribution in [0.15, 0.2) is 48.5 Å². The second kappa shape index (κ2) is 7.61. The van der Waals surface area contributed by atoms with Gasteiger partial charge in [0.15, 0.2) is 6.61 Å². The van der Waals surface area contributed by atoms with Gasteiger partial charge < -0.3 is 14.9 Å². The van der Waals surface area contributed by atoms with Crippen LogP contribution in [-0.2, 0) is 4.79 Å². The van der Waals surface area contributed by atoms with Crippen molar-refractivity contribution < 1.29 is 24.5 Å². The zero-order valence-electron chi connectivity index (χ0n) is 12.5. The Hall–Kier alpha value is -3.59. The van der Waals surface area contributed by atoms with Crippen LogP contribution in [0, 0.1) is 11.3 Å². The van der Waals surface area contributed by atoms with Gasteiger partial charge in [0.1, 0.15) is 5.75 Å². The van der Waals surface area contributed by atoms with E-state index in [4.69, 9.17) is 14.9 Å². The molecule has 0 amide bonds. The van der Waals surface area contributed by atoms with Crippen molar-refractivity contribution in [2.24, 2.45) is 0 Å². The molecular formula is C18H13NO5. The van der Waals surface area contributed by atoms with Crippen molar-refractivity contribution in [1.82, 2.24) is 0 Å². The number of hydrogen-bond donors (Lipinski definition) is 2. The van der Waals surface area contributed by atoms with E-state index in [0.717, 1.165) is 5.56 Å². The van der Waals surface area contributed by atoms with Crippen molar-refractivity contribution in [2.45, 2.75) is 0 Å². The second-order valence-corrected chi connectivity index (χ2v) is 4.80. The molecule has 0 aromatic heterocycles. The molecule has 6 heteroatoms. The Labute approximate surface area is 137 Å². The van der Waals surface area contributed by atoms with E-state index in [9.17, 15) is 14.9 Å². The first-order chi connectivity index (χ1) is 11.5. The summed E-state index contributed by atoms with van der Waals surface area (Å²) in [6, 6.07) is 14.7. The van der Waals surface area contributed by atoms with E-state index in [0.29, 0.717) is 16.9 Å².